The number of ketones is 1. The number of hydrogen-bond donors (Lipinski definition) is 0. The van der Waals surface area contributed by atoms with Crippen LogP contribution in [0, 0.1) is 17.8 Å². The average Bonchev–Trinajstić information content (AvgIpc) is 2.14. The zero-order chi connectivity index (χ0) is 12.3. The van der Waals surface area contributed by atoms with Crippen molar-refractivity contribution < 1.29 is 18.0 Å². The molecular formula is C12H19F3O. The van der Waals surface area contributed by atoms with Crippen LogP contribution < -0.4 is 0 Å². The Morgan fingerprint density at radius 1 is 1.38 bits per heavy atom. The van der Waals surface area contributed by atoms with Crippen LogP contribution in [0.5, 0.6) is 0 Å². The van der Waals surface area contributed by atoms with Crippen molar-refractivity contribution in [1.82, 2.24) is 0 Å². The predicted octanol–water partition coefficient (Wildman–Crippen LogP) is 3.97. The summed E-state index contributed by atoms with van der Waals surface area (Å²) in [7, 11) is 0. The van der Waals surface area contributed by atoms with Crippen molar-refractivity contribution in [3.63, 3.8) is 0 Å². The summed E-state index contributed by atoms with van der Waals surface area (Å²) < 4.78 is 36.2. The smallest absolute Gasteiger partial charge is 0.299 e. The van der Waals surface area contributed by atoms with Crippen LogP contribution in [0.3, 0.4) is 0 Å². The van der Waals surface area contributed by atoms with Gasteiger partial charge in [-0.25, -0.2) is 0 Å². The van der Waals surface area contributed by atoms with Crippen molar-refractivity contribution >= 4 is 5.78 Å². The Hall–Kier alpha value is -0.540. The fourth-order valence-corrected chi connectivity index (χ4v) is 2.37. The van der Waals surface area contributed by atoms with Crippen molar-refractivity contribution in [1.29, 1.82) is 0 Å². The summed E-state index contributed by atoms with van der Waals surface area (Å²) in [4.78, 5) is 11.5. The fraction of sp³-hybridized carbons (Fsp3) is 0.917. The first-order chi connectivity index (χ1) is 7.29. The molecule has 1 nitrogen and oxygen atoms in total. The average molecular weight is 236 g/mol. The number of rotatable bonds is 3. The summed E-state index contributed by atoms with van der Waals surface area (Å²) in [5.41, 5.74) is 0. The summed E-state index contributed by atoms with van der Waals surface area (Å²) in [5.74, 6) is 0.543. The van der Waals surface area contributed by atoms with Gasteiger partial charge in [-0.05, 0) is 31.1 Å². The summed E-state index contributed by atoms with van der Waals surface area (Å²) in [6, 6.07) is 0. The second kappa shape index (κ2) is 5.19. The van der Waals surface area contributed by atoms with Crippen LogP contribution in [0.1, 0.15) is 46.0 Å². The topological polar surface area (TPSA) is 17.1 Å². The lowest BCUT2D eigenvalue weighted by atomic mass is 9.74. The van der Waals surface area contributed by atoms with Gasteiger partial charge in [-0.3, -0.25) is 4.79 Å². The zero-order valence-corrected chi connectivity index (χ0v) is 9.81. The standard InChI is InChI=1S/C12H19F3O/c1-8(2)9-3-4-11(16)10(7-9)5-6-12(13,14)15/h8-10H,3-7H2,1-2H3. The zero-order valence-electron chi connectivity index (χ0n) is 9.81. The van der Waals surface area contributed by atoms with Crippen LogP contribution in [0.15, 0.2) is 0 Å². The normalized spacial score (nSPS) is 27.5. The summed E-state index contributed by atoms with van der Waals surface area (Å²) in [6.45, 7) is 4.14. The minimum absolute atomic E-state index is 0.0223. The molecule has 0 bridgehead atoms. The minimum atomic E-state index is -4.13. The second-order valence-corrected chi connectivity index (χ2v) is 5.10. The molecule has 1 aliphatic rings. The van der Waals surface area contributed by atoms with Crippen molar-refractivity contribution in [2.75, 3.05) is 0 Å². The van der Waals surface area contributed by atoms with E-state index in [0.29, 0.717) is 24.7 Å². The highest BCUT2D eigenvalue weighted by molar-refractivity contribution is 5.81. The lowest BCUT2D eigenvalue weighted by molar-refractivity contribution is -0.142. The quantitative estimate of drug-likeness (QED) is 0.724. The van der Waals surface area contributed by atoms with Gasteiger partial charge >= 0.3 is 6.18 Å². The first kappa shape index (κ1) is 13.5. The van der Waals surface area contributed by atoms with Gasteiger partial charge in [-0.1, -0.05) is 13.8 Å². The molecule has 94 valence electrons. The molecule has 1 rings (SSSR count). The Labute approximate surface area is 94.4 Å². The van der Waals surface area contributed by atoms with Crippen LogP contribution in [-0.2, 0) is 4.79 Å². The van der Waals surface area contributed by atoms with Gasteiger partial charge in [0.2, 0.25) is 0 Å². The largest absolute Gasteiger partial charge is 0.389 e. The van der Waals surface area contributed by atoms with E-state index in [2.05, 4.69) is 13.8 Å². The number of carbonyl (C=O) groups is 1. The summed E-state index contributed by atoms with van der Waals surface area (Å²) in [5, 5.41) is 0. The molecule has 0 saturated heterocycles. The van der Waals surface area contributed by atoms with Crippen LogP contribution in [0.2, 0.25) is 0 Å². The lowest BCUT2D eigenvalue weighted by Crippen LogP contribution is -2.28. The minimum Gasteiger partial charge on any atom is -0.299 e. The molecule has 0 aromatic heterocycles. The third-order valence-electron chi connectivity index (χ3n) is 3.52. The molecule has 16 heavy (non-hydrogen) atoms. The maximum absolute atomic E-state index is 12.1. The predicted molar refractivity (Wildman–Crippen MR) is 56.0 cm³/mol. The Morgan fingerprint density at radius 2 is 2.00 bits per heavy atom. The van der Waals surface area contributed by atoms with Gasteiger partial charge in [-0.2, -0.15) is 13.2 Å². The summed E-state index contributed by atoms with van der Waals surface area (Å²) in [6.07, 6.45) is -3.03. The lowest BCUT2D eigenvalue weighted by Gasteiger charge is -2.30. The van der Waals surface area contributed by atoms with E-state index in [1.807, 2.05) is 0 Å². The van der Waals surface area contributed by atoms with Gasteiger partial charge in [0.05, 0.1) is 0 Å². The van der Waals surface area contributed by atoms with E-state index in [1.54, 1.807) is 0 Å². The number of carbonyl (C=O) groups excluding carboxylic acids is 1. The molecule has 1 aliphatic carbocycles. The van der Waals surface area contributed by atoms with E-state index in [-0.39, 0.29) is 18.1 Å². The Balaban J connectivity index is 2.47. The molecule has 0 amide bonds. The van der Waals surface area contributed by atoms with Crippen molar-refractivity contribution in [3.05, 3.63) is 0 Å². The molecule has 0 heterocycles. The van der Waals surface area contributed by atoms with E-state index in [0.717, 1.165) is 6.42 Å². The molecule has 0 N–H and O–H groups in total. The van der Waals surface area contributed by atoms with Gasteiger partial charge in [0.1, 0.15) is 5.78 Å². The maximum atomic E-state index is 12.1. The van der Waals surface area contributed by atoms with Gasteiger partial charge in [0, 0.05) is 18.8 Å². The van der Waals surface area contributed by atoms with Crippen molar-refractivity contribution in [2.24, 2.45) is 17.8 Å². The molecule has 4 heteroatoms. The van der Waals surface area contributed by atoms with E-state index in [9.17, 15) is 18.0 Å². The van der Waals surface area contributed by atoms with Crippen LogP contribution in [0.4, 0.5) is 13.2 Å². The second-order valence-electron chi connectivity index (χ2n) is 5.10. The molecule has 0 radical (unpaired) electrons. The first-order valence-electron chi connectivity index (χ1n) is 5.89. The monoisotopic (exact) mass is 236 g/mol. The van der Waals surface area contributed by atoms with E-state index >= 15 is 0 Å². The first-order valence-corrected chi connectivity index (χ1v) is 5.89. The van der Waals surface area contributed by atoms with Gasteiger partial charge < -0.3 is 0 Å². The fourth-order valence-electron chi connectivity index (χ4n) is 2.37. The highest BCUT2D eigenvalue weighted by Crippen LogP contribution is 2.35. The maximum Gasteiger partial charge on any atom is 0.389 e. The van der Waals surface area contributed by atoms with Gasteiger partial charge in [0.15, 0.2) is 0 Å². The highest BCUT2D eigenvalue weighted by Gasteiger charge is 2.34. The number of alkyl halides is 3. The molecule has 0 aromatic rings. The molecule has 2 atom stereocenters. The van der Waals surface area contributed by atoms with Crippen LogP contribution >= 0.6 is 0 Å². The Bertz CT molecular complexity index is 245. The molecular weight excluding hydrogens is 217 g/mol. The van der Waals surface area contributed by atoms with Crippen molar-refractivity contribution in [3.8, 4) is 0 Å². The van der Waals surface area contributed by atoms with Crippen molar-refractivity contribution in [2.45, 2.75) is 52.1 Å². The molecule has 0 aromatic carbocycles. The van der Waals surface area contributed by atoms with Gasteiger partial charge in [-0.15, -0.1) is 0 Å². The van der Waals surface area contributed by atoms with Crippen LogP contribution in [0.25, 0.3) is 0 Å². The van der Waals surface area contributed by atoms with Gasteiger partial charge in [0.25, 0.3) is 0 Å². The number of halogens is 3. The summed E-state index contributed by atoms with van der Waals surface area (Å²) >= 11 is 0. The van der Waals surface area contributed by atoms with E-state index in [4.69, 9.17) is 0 Å². The molecule has 0 aliphatic heterocycles. The number of hydrogen-bond acceptors (Lipinski definition) is 1. The van der Waals surface area contributed by atoms with E-state index < -0.39 is 12.6 Å². The molecule has 1 saturated carbocycles. The third-order valence-corrected chi connectivity index (χ3v) is 3.52. The van der Waals surface area contributed by atoms with E-state index in [1.165, 1.54) is 0 Å². The Morgan fingerprint density at radius 3 is 2.50 bits per heavy atom. The Kier molecular flexibility index (Phi) is 4.39. The molecule has 2 unspecified atom stereocenters. The molecule has 0 spiro atoms. The number of Topliss-reactive ketones (excluding diaryl/α,β-unsaturated/α-hetero) is 1. The van der Waals surface area contributed by atoms with Crippen LogP contribution in [-0.4, -0.2) is 12.0 Å². The SMILES string of the molecule is CC(C)C1CCC(=O)C(CCC(F)(F)F)C1. The molecule has 1 fully saturated rings. The third kappa shape index (κ3) is 4.14. The highest BCUT2D eigenvalue weighted by atomic mass is 19.4.